The van der Waals surface area contributed by atoms with Crippen molar-refractivity contribution in [1.82, 2.24) is 14.8 Å². The second-order valence-corrected chi connectivity index (χ2v) is 7.49. The monoisotopic (exact) mass is 347 g/mol. The molecule has 6 nitrogen and oxygen atoms in total. The molecule has 2 atom stereocenters. The minimum Gasteiger partial charge on any atom is -0.379 e. The molecule has 0 amide bonds. The van der Waals surface area contributed by atoms with E-state index in [4.69, 9.17) is 14.2 Å². The quantitative estimate of drug-likeness (QED) is 0.815. The van der Waals surface area contributed by atoms with Crippen LogP contribution in [-0.4, -0.2) is 85.6 Å². The first kappa shape index (κ1) is 17.4. The fraction of sp³-hybridized carbons (Fsp3) is 0.737. The van der Waals surface area contributed by atoms with Gasteiger partial charge in [-0.25, -0.2) is 0 Å². The van der Waals surface area contributed by atoms with E-state index in [0.717, 1.165) is 78.5 Å². The van der Waals surface area contributed by atoms with Crippen LogP contribution >= 0.6 is 0 Å². The number of hydrogen-bond donors (Lipinski definition) is 0. The molecule has 0 radical (unpaired) electrons. The van der Waals surface area contributed by atoms with Gasteiger partial charge in [0.25, 0.3) is 0 Å². The maximum Gasteiger partial charge on any atom is 0.105 e. The third-order valence-corrected chi connectivity index (χ3v) is 5.49. The van der Waals surface area contributed by atoms with Crippen molar-refractivity contribution in [3.8, 4) is 0 Å². The topological polar surface area (TPSA) is 47.1 Å². The minimum atomic E-state index is -0.138. The molecule has 0 saturated carbocycles. The molecule has 0 bridgehead atoms. The molecule has 1 aromatic rings. The zero-order valence-corrected chi connectivity index (χ0v) is 14.9. The standard InChI is InChI=1S/C19H29N3O3/c1-4-19(25-18(1)14-21-7-10-23-11-8-21)15-22(9-12-24-16-19)13-17-2-5-20-6-3-17/h2-3,5-6,18H,1,4,7-16H2/t18-,19+/m0/s1. The summed E-state index contributed by atoms with van der Waals surface area (Å²) in [6, 6.07) is 4.18. The number of pyridine rings is 1. The summed E-state index contributed by atoms with van der Waals surface area (Å²) in [5.74, 6) is 0. The number of aromatic nitrogens is 1. The number of ether oxygens (including phenoxy) is 3. The summed E-state index contributed by atoms with van der Waals surface area (Å²) in [5, 5.41) is 0. The molecule has 0 N–H and O–H groups in total. The summed E-state index contributed by atoms with van der Waals surface area (Å²) < 4.78 is 18.0. The van der Waals surface area contributed by atoms with E-state index in [1.807, 2.05) is 12.4 Å². The molecule has 1 spiro atoms. The third-order valence-electron chi connectivity index (χ3n) is 5.49. The van der Waals surface area contributed by atoms with Crippen LogP contribution < -0.4 is 0 Å². The summed E-state index contributed by atoms with van der Waals surface area (Å²) in [7, 11) is 0. The number of rotatable bonds is 4. The van der Waals surface area contributed by atoms with Crippen LogP contribution in [0.5, 0.6) is 0 Å². The Morgan fingerprint density at radius 1 is 1.04 bits per heavy atom. The van der Waals surface area contributed by atoms with Crippen LogP contribution in [0.25, 0.3) is 0 Å². The Morgan fingerprint density at radius 3 is 2.64 bits per heavy atom. The lowest BCUT2D eigenvalue weighted by Crippen LogP contribution is -2.46. The highest BCUT2D eigenvalue weighted by molar-refractivity contribution is 5.10. The fourth-order valence-corrected chi connectivity index (χ4v) is 4.18. The molecule has 3 saturated heterocycles. The average molecular weight is 347 g/mol. The Hall–Kier alpha value is -1.05. The van der Waals surface area contributed by atoms with E-state index in [0.29, 0.717) is 6.10 Å². The molecule has 1 aromatic heterocycles. The van der Waals surface area contributed by atoms with E-state index in [9.17, 15) is 0 Å². The summed E-state index contributed by atoms with van der Waals surface area (Å²) in [5.41, 5.74) is 1.16. The predicted octanol–water partition coefficient (Wildman–Crippen LogP) is 1.16. The molecular weight excluding hydrogens is 318 g/mol. The van der Waals surface area contributed by atoms with E-state index >= 15 is 0 Å². The van der Waals surface area contributed by atoms with E-state index in [1.165, 1.54) is 5.56 Å². The molecule has 0 aromatic carbocycles. The Kier molecular flexibility index (Phi) is 5.63. The van der Waals surface area contributed by atoms with E-state index in [2.05, 4.69) is 26.9 Å². The summed E-state index contributed by atoms with van der Waals surface area (Å²) in [6.07, 6.45) is 6.27. The second kappa shape index (κ2) is 8.10. The van der Waals surface area contributed by atoms with Gasteiger partial charge in [-0.15, -0.1) is 0 Å². The molecule has 6 heteroatoms. The lowest BCUT2D eigenvalue weighted by atomic mass is 10.00. The maximum atomic E-state index is 6.58. The normalized spacial score (nSPS) is 32.1. The van der Waals surface area contributed by atoms with Gasteiger partial charge in [0.2, 0.25) is 0 Å². The third kappa shape index (κ3) is 4.57. The highest BCUT2D eigenvalue weighted by Gasteiger charge is 2.43. The molecule has 3 aliphatic heterocycles. The van der Waals surface area contributed by atoms with Crippen molar-refractivity contribution >= 4 is 0 Å². The molecule has 0 aliphatic carbocycles. The van der Waals surface area contributed by atoms with Gasteiger partial charge in [-0.2, -0.15) is 0 Å². The van der Waals surface area contributed by atoms with Crippen molar-refractivity contribution in [2.24, 2.45) is 0 Å². The average Bonchev–Trinajstić information content (AvgIpc) is 2.91. The molecule has 0 unspecified atom stereocenters. The lowest BCUT2D eigenvalue weighted by Gasteiger charge is -2.33. The van der Waals surface area contributed by atoms with Gasteiger partial charge in [0.1, 0.15) is 5.60 Å². The van der Waals surface area contributed by atoms with Crippen LogP contribution in [0.15, 0.2) is 24.5 Å². The van der Waals surface area contributed by atoms with Gasteiger partial charge >= 0.3 is 0 Å². The van der Waals surface area contributed by atoms with Crippen molar-refractivity contribution in [1.29, 1.82) is 0 Å². The Balaban J connectivity index is 1.35. The smallest absolute Gasteiger partial charge is 0.105 e. The Bertz CT molecular complexity index is 538. The van der Waals surface area contributed by atoms with Crippen LogP contribution in [0.4, 0.5) is 0 Å². The van der Waals surface area contributed by atoms with Crippen molar-refractivity contribution in [2.45, 2.75) is 31.1 Å². The van der Waals surface area contributed by atoms with Gasteiger partial charge in [-0.05, 0) is 30.5 Å². The lowest BCUT2D eigenvalue weighted by molar-refractivity contribution is -0.0967. The molecule has 4 rings (SSSR count). The Labute approximate surface area is 150 Å². The van der Waals surface area contributed by atoms with E-state index in [1.54, 1.807) is 0 Å². The molecule has 3 aliphatic rings. The van der Waals surface area contributed by atoms with Gasteiger partial charge in [-0.3, -0.25) is 14.8 Å². The zero-order valence-electron chi connectivity index (χ0n) is 14.9. The Morgan fingerprint density at radius 2 is 1.80 bits per heavy atom. The number of hydrogen-bond acceptors (Lipinski definition) is 6. The van der Waals surface area contributed by atoms with Gasteiger partial charge in [0.15, 0.2) is 0 Å². The molecule has 4 heterocycles. The van der Waals surface area contributed by atoms with Crippen molar-refractivity contribution in [3.63, 3.8) is 0 Å². The van der Waals surface area contributed by atoms with E-state index in [-0.39, 0.29) is 5.60 Å². The first-order valence-electron chi connectivity index (χ1n) is 9.48. The van der Waals surface area contributed by atoms with Crippen LogP contribution in [0.2, 0.25) is 0 Å². The van der Waals surface area contributed by atoms with Crippen LogP contribution in [0, 0.1) is 0 Å². The summed E-state index contributed by atoms with van der Waals surface area (Å²) in [6.45, 7) is 9.12. The molecule has 25 heavy (non-hydrogen) atoms. The van der Waals surface area contributed by atoms with Crippen LogP contribution in [-0.2, 0) is 20.8 Å². The van der Waals surface area contributed by atoms with Crippen molar-refractivity contribution in [3.05, 3.63) is 30.1 Å². The molecular formula is C19H29N3O3. The fourth-order valence-electron chi connectivity index (χ4n) is 4.18. The highest BCUT2D eigenvalue weighted by Crippen LogP contribution is 2.33. The summed E-state index contributed by atoms with van der Waals surface area (Å²) >= 11 is 0. The highest BCUT2D eigenvalue weighted by atomic mass is 16.6. The van der Waals surface area contributed by atoms with Gasteiger partial charge in [-0.1, -0.05) is 0 Å². The number of morpholine rings is 1. The van der Waals surface area contributed by atoms with Crippen LogP contribution in [0.1, 0.15) is 18.4 Å². The largest absolute Gasteiger partial charge is 0.379 e. The first-order valence-corrected chi connectivity index (χ1v) is 9.48. The SMILES string of the molecule is c1cc(CN2CCOC[C@@]3(CC[C@@H](CN4CCOCC4)O3)C2)ccn1. The van der Waals surface area contributed by atoms with E-state index < -0.39 is 0 Å². The number of nitrogens with zero attached hydrogens (tertiary/aromatic N) is 3. The molecule has 138 valence electrons. The van der Waals surface area contributed by atoms with Crippen molar-refractivity contribution in [2.75, 3.05) is 59.2 Å². The van der Waals surface area contributed by atoms with Gasteiger partial charge < -0.3 is 14.2 Å². The maximum absolute atomic E-state index is 6.58. The molecule has 3 fully saturated rings. The second-order valence-electron chi connectivity index (χ2n) is 7.49. The van der Waals surface area contributed by atoms with Gasteiger partial charge in [0.05, 0.1) is 32.5 Å². The van der Waals surface area contributed by atoms with Gasteiger partial charge in [0, 0.05) is 51.7 Å². The minimum absolute atomic E-state index is 0.138. The van der Waals surface area contributed by atoms with Crippen LogP contribution in [0.3, 0.4) is 0 Å². The predicted molar refractivity (Wildman–Crippen MR) is 94.4 cm³/mol. The summed E-state index contributed by atoms with van der Waals surface area (Å²) in [4.78, 5) is 9.06. The van der Waals surface area contributed by atoms with Crippen molar-refractivity contribution < 1.29 is 14.2 Å². The first-order chi connectivity index (χ1) is 12.3. The zero-order chi connectivity index (χ0) is 17.0.